The van der Waals surface area contributed by atoms with Crippen molar-refractivity contribution >= 4 is 17.5 Å². The van der Waals surface area contributed by atoms with Crippen molar-refractivity contribution in [1.82, 2.24) is 19.6 Å². The molecule has 0 aliphatic carbocycles. The number of rotatable bonds is 7. The first-order valence-electron chi connectivity index (χ1n) is 12.7. The lowest BCUT2D eigenvalue weighted by Gasteiger charge is -2.45. The average molecular weight is 477 g/mol. The molecule has 3 saturated heterocycles. The van der Waals surface area contributed by atoms with Crippen molar-refractivity contribution in [2.45, 2.75) is 50.7 Å². The van der Waals surface area contributed by atoms with Gasteiger partial charge in [0.15, 0.2) is 0 Å². The van der Waals surface area contributed by atoms with Crippen molar-refractivity contribution in [3.8, 4) is 0 Å². The molecule has 0 bridgehead atoms. The lowest BCUT2D eigenvalue weighted by atomic mass is 9.86. The highest BCUT2D eigenvalue weighted by atomic mass is 35.5. The van der Waals surface area contributed by atoms with Crippen LogP contribution in [0.15, 0.2) is 24.3 Å². The summed E-state index contributed by atoms with van der Waals surface area (Å²) in [6.07, 6.45) is 4.92. The fraction of sp³-hybridized carbons (Fsp3) is 0.731. The number of carbonyl (C=O) groups excluding carboxylic acids is 1. The quantitative estimate of drug-likeness (QED) is 0.604. The molecule has 3 aliphatic rings. The van der Waals surface area contributed by atoms with Crippen LogP contribution in [-0.2, 0) is 16.1 Å². The number of hydrogen-bond donors (Lipinski definition) is 0. The molecule has 3 heterocycles. The monoisotopic (exact) mass is 476 g/mol. The van der Waals surface area contributed by atoms with Crippen molar-refractivity contribution in [1.29, 1.82) is 0 Å². The second kappa shape index (κ2) is 12.0. The number of morpholine rings is 1. The van der Waals surface area contributed by atoms with Gasteiger partial charge in [-0.2, -0.15) is 0 Å². The van der Waals surface area contributed by atoms with Gasteiger partial charge in [-0.05, 0) is 69.9 Å². The molecule has 1 amide bonds. The van der Waals surface area contributed by atoms with E-state index in [-0.39, 0.29) is 0 Å². The molecule has 7 heteroatoms. The zero-order valence-corrected chi connectivity index (χ0v) is 21.2. The lowest BCUT2D eigenvalue weighted by Crippen LogP contribution is -2.54. The minimum atomic E-state index is 0.313. The van der Waals surface area contributed by atoms with E-state index in [0.717, 1.165) is 89.7 Å². The van der Waals surface area contributed by atoms with Crippen LogP contribution in [0.5, 0.6) is 0 Å². The highest BCUT2D eigenvalue weighted by Crippen LogP contribution is 2.29. The zero-order chi connectivity index (χ0) is 23.2. The number of likely N-dealkylation sites (tertiary alicyclic amines) is 2. The highest BCUT2D eigenvalue weighted by molar-refractivity contribution is 6.31. The largest absolute Gasteiger partial charge is 0.379 e. The van der Waals surface area contributed by atoms with Crippen LogP contribution < -0.4 is 0 Å². The van der Waals surface area contributed by atoms with E-state index in [2.05, 4.69) is 33.9 Å². The molecule has 6 nitrogen and oxygen atoms in total. The smallest absolute Gasteiger partial charge is 0.222 e. The number of benzene rings is 1. The Morgan fingerprint density at radius 1 is 1.09 bits per heavy atom. The first kappa shape index (κ1) is 24.9. The van der Waals surface area contributed by atoms with Gasteiger partial charge in [-0.15, -0.1) is 0 Å². The topological polar surface area (TPSA) is 39.3 Å². The van der Waals surface area contributed by atoms with Crippen LogP contribution >= 0.6 is 11.6 Å². The molecule has 2 atom stereocenters. The summed E-state index contributed by atoms with van der Waals surface area (Å²) >= 11 is 6.45. The van der Waals surface area contributed by atoms with Gasteiger partial charge < -0.3 is 14.5 Å². The number of piperidine rings is 2. The summed E-state index contributed by atoms with van der Waals surface area (Å²) in [6, 6.07) is 9.10. The third kappa shape index (κ3) is 6.70. The maximum absolute atomic E-state index is 13.1. The molecule has 0 N–H and O–H groups in total. The molecular weight excluding hydrogens is 436 g/mol. The van der Waals surface area contributed by atoms with E-state index < -0.39 is 0 Å². The zero-order valence-electron chi connectivity index (χ0n) is 20.4. The molecule has 33 heavy (non-hydrogen) atoms. The molecule has 0 unspecified atom stereocenters. The van der Waals surface area contributed by atoms with E-state index in [1.165, 1.54) is 5.56 Å². The van der Waals surface area contributed by atoms with Crippen LogP contribution in [0.25, 0.3) is 0 Å². The van der Waals surface area contributed by atoms with Gasteiger partial charge in [-0.1, -0.05) is 29.8 Å². The van der Waals surface area contributed by atoms with Crippen molar-refractivity contribution in [2.75, 3.05) is 66.6 Å². The molecule has 0 radical (unpaired) electrons. The summed E-state index contributed by atoms with van der Waals surface area (Å²) in [4.78, 5) is 22.7. The molecule has 4 rings (SSSR count). The van der Waals surface area contributed by atoms with Crippen LogP contribution in [0.3, 0.4) is 0 Å². The summed E-state index contributed by atoms with van der Waals surface area (Å²) < 4.78 is 5.61. The van der Waals surface area contributed by atoms with E-state index in [0.29, 0.717) is 30.3 Å². The molecule has 1 aromatic rings. The average Bonchev–Trinajstić information content (AvgIpc) is 2.84. The van der Waals surface area contributed by atoms with Gasteiger partial charge in [-0.3, -0.25) is 14.6 Å². The number of hydrogen-bond acceptors (Lipinski definition) is 5. The molecule has 3 aliphatic heterocycles. The summed E-state index contributed by atoms with van der Waals surface area (Å²) in [7, 11) is 4.18. The minimum absolute atomic E-state index is 0.313. The Morgan fingerprint density at radius 3 is 2.55 bits per heavy atom. The second-order valence-electron chi connectivity index (χ2n) is 10.2. The maximum Gasteiger partial charge on any atom is 0.222 e. The Kier molecular flexibility index (Phi) is 9.05. The Morgan fingerprint density at radius 2 is 1.82 bits per heavy atom. The fourth-order valence-electron chi connectivity index (χ4n) is 5.85. The minimum Gasteiger partial charge on any atom is -0.379 e. The number of carbonyl (C=O) groups is 1. The normalized spacial score (nSPS) is 26.4. The first-order valence-corrected chi connectivity index (χ1v) is 13.1. The number of halogens is 1. The van der Waals surface area contributed by atoms with Crippen molar-refractivity contribution in [3.63, 3.8) is 0 Å². The van der Waals surface area contributed by atoms with Crippen LogP contribution in [0.4, 0.5) is 0 Å². The van der Waals surface area contributed by atoms with E-state index in [9.17, 15) is 4.79 Å². The summed E-state index contributed by atoms with van der Waals surface area (Å²) in [5.74, 6) is 0.808. The molecule has 3 fully saturated rings. The van der Waals surface area contributed by atoms with Gasteiger partial charge in [0.25, 0.3) is 0 Å². The summed E-state index contributed by atoms with van der Waals surface area (Å²) in [5, 5.41) is 0.847. The fourth-order valence-corrected chi connectivity index (χ4v) is 6.05. The van der Waals surface area contributed by atoms with Crippen molar-refractivity contribution in [2.24, 2.45) is 5.92 Å². The predicted molar refractivity (Wildman–Crippen MR) is 134 cm³/mol. The maximum atomic E-state index is 13.1. The van der Waals surface area contributed by atoms with Gasteiger partial charge in [0, 0.05) is 56.8 Å². The summed E-state index contributed by atoms with van der Waals surface area (Å²) in [5.41, 5.74) is 1.20. The van der Waals surface area contributed by atoms with Gasteiger partial charge in [0.1, 0.15) is 0 Å². The van der Waals surface area contributed by atoms with Crippen LogP contribution in [0, 0.1) is 5.92 Å². The molecule has 1 aromatic carbocycles. The predicted octanol–water partition coefficient (Wildman–Crippen LogP) is 3.20. The van der Waals surface area contributed by atoms with Crippen molar-refractivity contribution in [3.05, 3.63) is 34.9 Å². The standard InChI is InChI=1S/C26H41ClN4O2/c1-28-12-9-23(10-13-28)29(2)26(32)8-7-22-20-30(19-21-5-3-4-6-24(21)27)14-11-25(22)31-15-17-33-18-16-31/h3-6,22-23,25H,7-20H2,1-2H3/t22-,25+/m1/s1. The van der Waals surface area contributed by atoms with Crippen LogP contribution in [0.1, 0.15) is 37.7 Å². The molecule has 184 valence electrons. The van der Waals surface area contributed by atoms with Gasteiger partial charge in [0.2, 0.25) is 5.91 Å². The Balaban J connectivity index is 1.37. The van der Waals surface area contributed by atoms with Gasteiger partial charge in [0.05, 0.1) is 13.2 Å². The number of amides is 1. The van der Waals surface area contributed by atoms with E-state index in [1.54, 1.807) is 0 Å². The van der Waals surface area contributed by atoms with Gasteiger partial charge in [-0.25, -0.2) is 0 Å². The van der Waals surface area contributed by atoms with Crippen LogP contribution in [-0.4, -0.2) is 104 Å². The lowest BCUT2D eigenvalue weighted by molar-refractivity contribution is -0.133. The SMILES string of the molecule is CN1CCC(N(C)C(=O)CC[C@@H]2CN(Cc3ccccc3Cl)CC[C@@H]2N2CCOCC2)CC1. The third-order valence-corrected chi connectivity index (χ3v) is 8.37. The first-order chi connectivity index (χ1) is 16.0. The third-order valence-electron chi connectivity index (χ3n) is 8.00. The highest BCUT2D eigenvalue weighted by Gasteiger charge is 2.35. The van der Waals surface area contributed by atoms with Gasteiger partial charge >= 0.3 is 0 Å². The van der Waals surface area contributed by atoms with E-state index in [4.69, 9.17) is 16.3 Å². The summed E-state index contributed by atoms with van der Waals surface area (Å²) in [6.45, 7) is 8.82. The Labute approximate surface area is 204 Å². The Hall–Kier alpha value is -1.18. The van der Waals surface area contributed by atoms with E-state index >= 15 is 0 Å². The Bertz CT molecular complexity index is 764. The second-order valence-corrected chi connectivity index (χ2v) is 10.6. The molecular formula is C26H41ClN4O2. The van der Waals surface area contributed by atoms with Crippen LogP contribution in [0.2, 0.25) is 5.02 Å². The molecule has 0 aromatic heterocycles. The van der Waals surface area contributed by atoms with E-state index in [1.807, 2.05) is 24.1 Å². The molecule has 0 saturated carbocycles. The van der Waals surface area contributed by atoms with Crippen molar-refractivity contribution < 1.29 is 9.53 Å². The molecule has 0 spiro atoms. The number of ether oxygens (including phenoxy) is 1. The number of nitrogens with zero attached hydrogens (tertiary/aromatic N) is 4.